The molecule has 0 aromatic heterocycles. The van der Waals surface area contributed by atoms with Crippen LogP contribution in [0.2, 0.25) is 5.02 Å². The summed E-state index contributed by atoms with van der Waals surface area (Å²) in [4.78, 5) is 0. The first-order chi connectivity index (χ1) is 9.29. The van der Waals surface area contributed by atoms with Crippen molar-refractivity contribution < 1.29 is 0 Å². The van der Waals surface area contributed by atoms with Crippen molar-refractivity contribution in [3.05, 3.63) is 34.9 Å². The van der Waals surface area contributed by atoms with Gasteiger partial charge in [-0.3, -0.25) is 0 Å². The van der Waals surface area contributed by atoms with Crippen LogP contribution < -0.4 is 5.32 Å². The standard InChI is InChI=1S/C16H24ClNS/c1-2-19-10-9-13(12-18-15-7-8-15)11-14-5-3-4-6-16(14)17/h3-6,13,15,18H,2,7-12H2,1H3. The second-order valence-electron chi connectivity index (χ2n) is 5.33. The Kier molecular flexibility index (Phi) is 6.55. The molecule has 1 aromatic rings. The summed E-state index contributed by atoms with van der Waals surface area (Å²) in [7, 11) is 0. The Bertz CT molecular complexity index is 379. The minimum absolute atomic E-state index is 0.708. The summed E-state index contributed by atoms with van der Waals surface area (Å²) in [6.45, 7) is 3.37. The predicted molar refractivity (Wildman–Crippen MR) is 87.3 cm³/mol. The smallest absolute Gasteiger partial charge is 0.0438 e. The van der Waals surface area contributed by atoms with E-state index in [0.29, 0.717) is 5.92 Å². The summed E-state index contributed by atoms with van der Waals surface area (Å²) >= 11 is 8.32. The van der Waals surface area contributed by atoms with Gasteiger partial charge in [0.05, 0.1) is 0 Å². The first kappa shape index (κ1) is 15.2. The minimum atomic E-state index is 0.708. The van der Waals surface area contributed by atoms with Crippen LogP contribution in [0.15, 0.2) is 24.3 Å². The van der Waals surface area contributed by atoms with E-state index in [4.69, 9.17) is 11.6 Å². The number of benzene rings is 1. The summed E-state index contributed by atoms with van der Waals surface area (Å²) in [5.74, 6) is 3.19. The molecule has 1 aliphatic carbocycles. The van der Waals surface area contributed by atoms with Crippen LogP contribution in [0.5, 0.6) is 0 Å². The van der Waals surface area contributed by atoms with Gasteiger partial charge in [-0.2, -0.15) is 11.8 Å². The van der Waals surface area contributed by atoms with Gasteiger partial charge < -0.3 is 5.32 Å². The molecule has 106 valence electrons. The second-order valence-corrected chi connectivity index (χ2v) is 7.13. The van der Waals surface area contributed by atoms with Crippen LogP contribution in [0.25, 0.3) is 0 Å². The zero-order valence-electron chi connectivity index (χ0n) is 11.7. The average Bonchev–Trinajstić information content (AvgIpc) is 3.22. The molecule has 0 spiro atoms. The lowest BCUT2D eigenvalue weighted by atomic mass is 9.96. The van der Waals surface area contributed by atoms with E-state index in [1.54, 1.807) is 0 Å². The van der Waals surface area contributed by atoms with Crippen LogP contribution in [-0.2, 0) is 6.42 Å². The average molecular weight is 298 g/mol. The quantitative estimate of drug-likeness (QED) is 0.678. The fourth-order valence-corrected chi connectivity index (χ4v) is 3.27. The van der Waals surface area contributed by atoms with E-state index >= 15 is 0 Å². The first-order valence-electron chi connectivity index (χ1n) is 7.34. The number of halogens is 1. The molecule has 0 amide bonds. The van der Waals surface area contributed by atoms with Gasteiger partial charge in [0.15, 0.2) is 0 Å². The van der Waals surface area contributed by atoms with Gasteiger partial charge in [0.1, 0.15) is 0 Å². The molecule has 0 saturated heterocycles. The van der Waals surface area contributed by atoms with Gasteiger partial charge in [-0.1, -0.05) is 36.7 Å². The number of hydrogen-bond donors (Lipinski definition) is 1. The van der Waals surface area contributed by atoms with Gasteiger partial charge in [-0.25, -0.2) is 0 Å². The van der Waals surface area contributed by atoms with Crippen molar-refractivity contribution in [1.29, 1.82) is 0 Å². The maximum Gasteiger partial charge on any atom is 0.0438 e. The highest BCUT2D eigenvalue weighted by Gasteiger charge is 2.22. The van der Waals surface area contributed by atoms with Crippen LogP contribution >= 0.6 is 23.4 Å². The Morgan fingerprint density at radius 3 is 2.84 bits per heavy atom. The highest BCUT2D eigenvalue weighted by atomic mass is 35.5. The van der Waals surface area contributed by atoms with Crippen LogP contribution in [0.4, 0.5) is 0 Å². The number of rotatable bonds is 9. The molecule has 1 saturated carbocycles. The first-order valence-corrected chi connectivity index (χ1v) is 8.87. The van der Waals surface area contributed by atoms with E-state index < -0.39 is 0 Å². The third-order valence-electron chi connectivity index (χ3n) is 3.61. The second kappa shape index (κ2) is 8.18. The lowest BCUT2D eigenvalue weighted by Gasteiger charge is -2.18. The van der Waals surface area contributed by atoms with Crippen molar-refractivity contribution in [3.8, 4) is 0 Å². The Hall–Kier alpha value is -0.180. The monoisotopic (exact) mass is 297 g/mol. The highest BCUT2D eigenvalue weighted by Crippen LogP contribution is 2.23. The molecule has 1 aromatic carbocycles. The van der Waals surface area contributed by atoms with Gasteiger partial charge >= 0.3 is 0 Å². The molecule has 1 nitrogen and oxygen atoms in total. The Morgan fingerprint density at radius 2 is 2.16 bits per heavy atom. The molecule has 0 radical (unpaired) electrons. The summed E-state index contributed by atoms with van der Waals surface area (Å²) in [6.07, 6.45) is 5.11. The van der Waals surface area contributed by atoms with Crippen molar-refractivity contribution >= 4 is 23.4 Å². The molecular weight excluding hydrogens is 274 g/mol. The van der Waals surface area contributed by atoms with Gasteiger partial charge in [0, 0.05) is 11.1 Å². The van der Waals surface area contributed by atoms with Crippen LogP contribution in [0.3, 0.4) is 0 Å². The molecule has 1 fully saturated rings. The van der Waals surface area contributed by atoms with E-state index in [9.17, 15) is 0 Å². The Morgan fingerprint density at radius 1 is 1.37 bits per heavy atom. The van der Waals surface area contributed by atoms with Crippen molar-refractivity contribution in [2.45, 2.75) is 38.6 Å². The molecule has 3 heteroatoms. The zero-order chi connectivity index (χ0) is 13.5. The van der Waals surface area contributed by atoms with E-state index in [2.05, 4.69) is 24.4 Å². The molecule has 0 bridgehead atoms. The van der Waals surface area contributed by atoms with E-state index in [0.717, 1.165) is 24.0 Å². The molecule has 0 heterocycles. The normalized spacial score (nSPS) is 16.5. The number of nitrogens with one attached hydrogen (secondary N) is 1. The molecule has 1 N–H and O–H groups in total. The fraction of sp³-hybridized carbons (Fsp3) is 0.625. The van der Waals surface area contributed by atoms with E-state index in [1.165, 1.54) is 36.3 Å². The summed E-state index contributed by atoms with van der Waals surface area (Å²) in [6, 6.07) is 9.07. The van der Waals surface area contributed by atoms with Crippen LogP contribution in [0.1, 0.15) is 31.7 Å². The fourth-order valence-electron chi connectivity index (χ4n) is 2.27. The number of hydrogen-bond acceptors (Lipinski definition) is 2. The van der Waals surface area contributed by atoms with Gasteiger partial charge in [-0.05, 0) is 61.3 Å². The lowest BCUT2D eigenvalue weighted by molar-refractivity contribution is 0.461. The highest BCUT2D eigenvalue weighted by molar-refractivity contribution is 7.99. The molecule has 2 rings (SSSR count). The zero-order valence-corrected chi connectivity index (χ0v) is 13.3. The van der Waals surface area contributed by atoms with Crippen LogP contribution in [0, 0.1) is 5.92 Å². The third-order valence-corrected chi connectivity index (χ3v) is 4.91. The summed E-state index contributed by atoms with van der Waals surface area (Å²) < 4.78 is 0. The topological polar surface area (TPSA) is 12.0 Å². The molecule has 0 aliphatic heterocycles. The molecule has 1 atom stereocenters. The van der Waals surface area contributed by atoms with Crippen molar-refractivity contribution in [3.63, 3.8) is 0 Å². The molecule has 19 heavy (non-hydrogen) atoms. The largest absolute Gasteiger partial charge is 0.314 e. The maximum absolute atomic E-state index is 6.28. The molecule has 1 unspecified atom stereocenters. The minimum Gasteiger partial charge on any atom is -0.314 e. The van der Waals surface area contributed by atoms with Crippen molar-refractivity contribution in [1.82, 2.24) is 5.32 Å². The van der Waals surface area contributed by atoms with Gasteiger partial charge in [0.25, 0.3) is 0 Å². The predicted octanol–water partition coefficient (Wildman–Crippen LogP) is 4.39. The lowest BCUT2D eigenvalue weighted by Crippen LogP contribution is -2.26. The maximum atomic E-state index is 6.28. The van der Waals surface area contributed by atoms with Crippen molar-refractivity contribution in [2.24, 2.45) is 5.92 Å². The van der Waals surface area contributed by atoms with E-state index in [1.807, 2.05) is 23.9 Å². The third kappa shape index (κ3) is 5.76. The van der Waals surface area contributed by atoms with Crippen molar-refractivity contribution in [2.75, 3.05) is 18.1 Å². The van der Waals surface area contributed by atoms with Crippen LogP contribution in [-0.4, -0.2) is 24.1 Å². The SMILES string of the molecule is CCSCCC(CNC1CC1)Cc1ccccc1Cl. The van der Waals surface area contributed by atoms with Gasteiger partial charge in [-0.15, -0.1) is 0 Å². The Labute approximate surface area is 126 Å². The number of thioether (sulfide) groups is 1. The summed E-state index contributed by atoms with van der Waals surface area (Å²) in [5.41, 5.74) is 1.30. The molecule has 1 aliphatic rings. The van der Waals surface area contributed by atoms with Gasteiger partial charge in [0.2, 0.25) is 0 Å². The molecular formula is C16H24ClNS. The summed E-state index contributed by atoms with van der Waals surface area (Å²) in [5, 5.41) is 4.59. The Balaban J connectivity index is 1.85. The van der Waals surface area contributed by atoms with E-state index in [-0.39, 0.29) is 0 Å².